The molecule has 0 spiro atoms. The van der Waals surface area contributed by atoms with Gasteiger partial charge in [-0.1, -0.05) is 30.7 Å². The Morgan fingerprint density at radius 1 is 1.19 bits per heavy atom. The minimum absolute atomic E-state index is 0.298. The van der Waals surface area contributed by atoms with Crippen LogP contribution in [0.15, 0.2) is 24.3 Å². The molecule has 1 amide bonds. The van der Waals surface area contributed by atoms with Crippen LogP contribution in [0, 0.1) is 5.92 Å². The van der Waals surface area contributed by atoms with Gasteiger partial charge >= 0.3 is 0 Å². The largest absolute Gasteiger partial charge is 0.379 e. The Kier molecular flexibility index (Phi) is 5.88. The minimum atomic E-state index is 0.298. The van der Waals surface area contributed by atoms with Crippen LogP contribution in [0.3, 0.4) is 0 Å². The fourth-order valence-electron chi connectivity index (χ4n) is 4.79. The highest BCUT2D eigenvalue weighted by Crippen LogP contribution is 2.30. The molecule has 3 fully saturated rings. The average Bonchev–Trinajstić information content (AvgIpc) is 3.31. The predicted molar refractivity (Wildman–Crippen MR) is 102 cm³/mol. The Bertz CT molecular complexity index is 615. The summed E-state index contributed by atoms with van der Waals surface area (Å²) < 4.78 is 5.68. The van der Waals surface area contributed by atoms with E-state index >= 15 is 0 Å². The van der Waals surface area contributed by atoms with E-state index in [9.17, 15) is 4.79 Å². The van der Waals surface area contributed by atoms with Gasteiger partial charge in [0.2, 0.25) is 5.91 Å². The zero-order valence-corrected chi connectivity index (χ0v) is 15.6. The number of benzene rings is 1. The molecule has 5 nitrogen and oxygen atoms in total. The van der Waals surface area contributed by atoms with Crippen molar-refractivity contribution >= 4 is 5.91 Å². The van der Waals surface area contributed by atoms with Crippen molar-refractivity contribution < 1.29 is 9.53 Å². The molecular formula is C21H31N3O2. The summed E-state index contributed by atoms with van der Waals surface area (Å²) in [5.41, 5.74) is 2.61. The van der Waals surface area contributed by atoms with Crippen molar-refractivity contribution in [2.75, 3.05) is 26.3 Å². The van der Waals surface area contributed by atoms with Gasteiger partial charge in [0, 0.05) is 44.7 Å². The number of carbonyl (C=O) groups excluding carboxylic acids is 1. The Morgan fingerprint density at radius 2 is 2.08 bits per heavy atom. The van der Waals surface area contributed by atoms with Crippen LogP contribution in [0.4, 0.5) is 0 Å². The molecule has 0 bridgehead atoms. The number of carbonyl (C=O) groups is 1. The lowest BCUT2D eigenvalue weighted by atomic mass is 9.93. The zero-order chi connectivity index (χ0) is 17.8. The highest BCUT2D eigenvalue weighted by molar-refractivity contribution is 5.78. The second kappa shape index (κ2) is 8.51. The predicted octanol–water partition coefficient (Wildman–Crippen LogP) is 2.06. The van der Waals surface area contributed by atoms with E-state index in [1.165, 1.54) is 30.4 Å². The molecule has 0 aromatic heterocycles. The molecule has 0 radical (unpaired) electrons. The molecule has 4 rings (SSSR count). The number of hydrogen-bond donors (Lipinski definition) is 2. The quantitative estimate of drug-likeness (QED) is 0.818. The first-order valence-corrected chi connectivity index (χ1v) is 10.2. The van der Waals surface area contributed by atoms with Gasteiger partial charge in [0.05, 0.1) is 13.2 Å². The number of amides is 1. The van der Waals surface area contributed by atoms with Crippen molar-refractivity contribution in [3.8, 4) is 0 Å². The molecule has 1 saturated carbocycles. The number of hydrogen-bond acceptors (Lipinski definition) is 4. The first kappa shape index (κ1) is 18.0. The van der Waals surface area contributed by atoms with Gasteiger partial charge in [0.25, 0.3) is 0 Å². The summed E-state index contributed by atoms with van der Waals surface area (Å²) in [6.45, 7) is 5.19. The third kappa shape index (κ3) is 4.11. The molecule has 1 aliphatic carbocycles. The second-order valence-corrected chi connectivity index (χ2v) is 7.91. The molecular weight excluding hydrogens is 326 g/mol. The molecule has 2 heterocycles. The SMILES string of the molecule is O=C1CCCN1Cc1ccccc1CNC1CCCC1C1COCCN1. The van der Waals surface area contributed by atoms with Crippen LogP contribution in [0.25, 0.3) is 0 Å². The van der Waals surface area contributed by atoms with E-state index in [-0.39, 0.29) is 0 Å². The fourth-order valence-corrected chi connectivity index (χ4v) is 4.79. The van der Waals surface area contributed by atoms with Crippen LogP contribution >= 0.6 is 0 Å². The Hall–Kier alpha value is -1.43. The zero-order valence-electron chi connectivity index (χ0n) is 15.6. The minimum Gasteiger partial charge on any atom is -0.379 e. The lowest BCUT2D eigenvalue weighted by Crippen LogP contribution is -2.50. The van der Waals surface area contributed by atoms with Gasteiger partial charge in [-0.05, 0) is 36.3 Å². The van der Waals surface area contributed by atoms with Gasteiger partial charge in [-0.15, -0.1) is 0 Å². The summed E-state index contributed by atoms with van der Waals surface area (Å²) in [6.07, 6.45) is 5.53. The second-order valence-electron chi connectivity index (χ2n) is 7.91. The van der Waals surface area contributed by atoms with Gasteiger partial charge in [0.1, 0.15) is 0 Å². The Balaban J connectivity index is 1.37. The summed E-state index contributed by atoms with van der Waals surface area (Å²) in [5.74, 6) is 0.953. The molecule has 1 aromatic carbocycles. The van der Waals surface area contributed by atoms with E-state index in [0.717, 1.165) is 45.8 Å². The van der Waals surface area contributed by atoms with E-state index in [4.69, 9.17) is 4.74 Å². The van der Waals surface area contributed by atoms with Crippen molar-refractivity contribution in [1.29, 1.82) is 0 Å². The molecule has 3 atom stereocenters. The summed E-state index contributed by atoms with van der Waals surface area (Å²) in [6, 6.07) is 9.60. The summed E-state index contributed by atoms with van der Waals surface area (Å²) in [7, 11) is 0. The van der Waals surface area contributed by atoms with Gasteiger partial charge < -0.3 is 20.3 Å². The van der Waals surface area contributed by atoms with Crippen molar-refractivity contribution in [2.24, 2.45) is 5.92 Å². The van der Waals surface area contributed by atoms with E-state index in [1.54, 1.807) is 0 Å². The summed E-state index contributed by atoms with van der Waals surface area (Å²) >= 11 is 0. The number of rotatable bonds is 6. The normalized spacial score (nSPS) is 29.5. The molecule has 5 heteroatoms. The Morgan fingerprint density at radius 3 is 2.85 bits per heavy atom. The van der Waals surface area contributed by atoms with Gasteiger partial charge in [0.15, 0.2) is 0 Å². The number of ether oxygens (including phenoxy) is 1. The van der Waals surface area contributed by atoms with Crippen molar-refractivity contribution in [2.45, 2.75) is 57.3 Å². The highest BCUT2D eigenvalue weighted by atomic mass is 16.5. The molecule has 3 aliphatic rings. The van der Waals surface area contributed by atoms with Gasteiger partial charge in [-0.25, -0.2) is 0 Å². The maximum absolute atomic E-state index is 12.0. The lowest BCUT2D eigenvalue weighted by molar-refractivity contribution is -0.128. The first-order chi connectivity index (χ1) is 12.8. The maximum atomic E-state index is 12.0. The molecule has 2 aliphatic heterocycles. The van der Waals surface area contributed by atoms with E-state index in [2.05, 4.69) is 34.9 Å². The van der Waals surface area contributed by atoms with Gasteiger partial charge in [-0.2, -0.15) is 0 Å². The standard InChI is InChI=1S/C21H31N3O2/c25-21-9-4-11-24(21)14-17-6-2-1-5-16(17)13-23-19-8-3-7-18(19)20-15-26-12-10-22-20/h1-2,5-6,18-20,22-23H,3-4,7-15H2. The van der Waals surface area contributed by atoms with Crippen LogP contribution in [-0.4, -0.2) is 49.2 Å². The van der Waals surface area contributed by atoms with Crippen LogP contribution in [-0.2, 0) is 22.6 Å². The average molecular weight is 357 g/mol. The van der Waals surface area contributed by atoms with Gasteiger partial charge in [-0.3, -0.25) is 4.79 Å². The van der Waals surface area contributed by atoms with E-state index in [1.807, 2.05) is 4.90 Å². The molecule has 1 aromatic rings. The molecule has 2 N–H and O–H groups in total. The van der Waals surface area contributed by atoms with Crippen molar-refractivity contribution in [3.05, 3.63) is 35.4 Å². The van der Waals surface area contributed by atoms with Crippen molar-refractivity contribution in [1.82, 2.24) is 15.5 Å². The first-order valence-electron chi connectivity index (χ1n) is 10.2. The topological polar surface area (TPSA) is 53.6 Å². The third-order valence-electron chi connectivity index (χ3n) is 6.24. The lowest BCUT2D eigenvalue weighted by Gasteiger charge is -2.33. The Labute approximate surface area is 156 Å². The van der Waals surface area contributed by atoms with Crippen LogP contribution in [0.2, 0.25) is 0 Å². The number of morpholine rings is 1. The van der Waals surface area contributed by atoms with Crippen molar-refractivity contribution in [3.63, 3.8) is 0 Å². The maximum Gasteiger partial charge on any atom is 0.222 e. The third-order valence-corrected chi connectivity index (χ3v) is 6.24. The van der Waals surface area contributed by atoms with E-state index in [0.29, 0.717) is 30.3 Å². The van der Waals surface area contributed by atoms with E-state index < -0.39 is 0 Å². The molecule has 26 heavy (non-hydrogen) atoms. The van der Waals surface area contributed by atoms with Crippen LogP contribution in [0.5, 0.6) is 0 Å². The van der Waals surface area contributed by atoms with Crippen LogP contribution < -0.4 is 10.6 Å². The molecule has 142 valence electrons. The number of nitrogens with zero attached hydrogens (tertiary/aromatic N) is 1. The number of likely N-dealkylation sites (tertiary alicyclic amines) is 1. The smallest absolute Gasteiger partial charge is 0.222 e. The molecule has 3 unspecified atom stereocenters. The number of nitrogens with one attached hydrogen (secondary N) is 2. The van der Waals surface area contributed by atoms with Crippen LogP contribution in [0.1, 0.15) is 43.2 Å². The fraction of sp³-hybridized carbons (Fsp3) is 0.667. The summed E-state index contributed by atoms with van der Waals surface area (Å²) in [4.78, 5) is 14.0. The molecule has 2 saturated heterocycles. The highest BCUT2D eigenvalue weighted by Gasteiger charge is 2.34. The monoisotopic (exact) mass is 357 g/mol. The summed E-state index contributed by atoms with van der Waals surface area (Å²) in [5, 5.41) is 7.47.